The van der Waals surface area contributed by atoms with Gasteiger partial charge in [-0.3, -0.25) is 4.79 Å². The zero-order valence-electron chi connectivity index (χ0n) is 10.2. The number of rotatable bonds is 1. The first kappa shape index (κ1) is 11.9. The van der Waals surface area contributed by atoms with Gasteiger partial charge in [-0.2, -0.15) is 4.31 Å². The summed E-state index contributed by atoms with van der Waals surface area (Å²) in [5.41, 5.74) is 1.38. The lowest BCUT2D eigenvalue weighted by Gasteiger charge is -2.17. The molecular formula is C14H11NO3S. The van der Waals surface area contributed by atoms with Gasteiger partial charge in [0.25, 0.3) is 15.9 Å². The molecular weight excluding hydrogens is 262 g/mol. The fraction of sp³-hybridized carbons (Fsp3) is 0.0714. The summed E-state index contributed by atoms with van der Waals surface area (Å²) in [6.07, 6.45) is 0. The molecule has 96 valence electrons. The molecule has 0 spiro atoms. The van der Waals surface area contributed by atoms with Crippen LogP contribution in [0.25, 0.3) is 0 Å². The SMILES string of the molecule is Cc1ccccc1N1C(=O)c2ccccc2S1(=O)=O. The topological polar surface area (TPSA) is 54.5 Å². The summed E-state index contributed by atoms with van der Waals surface area (Å²) in [6.45, 7) is 1.78. The van der Waals surface area contributed by atoms with Gasteiger partial charge in [-0.15, -0.1) is 0 Å². The van der Waals surface area contributed by atoms with E-state index in [-0.39, 0.29) is 10.5 Å². The highest BCUT2D eigenvalue weighted by Crippen LogP contribution is 2.35. The molecule has 1 aliphatic heterocycles. The lowest BCUT2D eigenvalue weighted by Crippen LogP contribution is -2.30. The van der Waals surface area contributed by atoms with Crippen molar-refractivity contribution in [3.63, 3.8) is 0 Å². The highest BCUT2D eigenvalue weighted by molar-refractivity contribution is 7.94. The highest BCUT2D eigenvalue weighted by atomic mass is 32.2. The summed E-state index contributed by atoms with van der Waals surface area (Å²) < 4.78 is 25.8. The number of amides is 1. The molecule has 0 aromatic heterocycles. The maximum absolute atomic E-state index is 12.5. The zero-order chi connectivity index (χ0) is 13.6. The van der Waals surface area contributed by atoms with Gasteiger partial charge in [-0.25, -0.2) is 8.42 Å². The Labute approximate surface area is 111 Å². The van der Waals surface area contributed by atoms with Gasteiger partial charge in [0.1, 0.15) is 4.90 Å². The second kappa shape index (κ2) is 3.93. The van der Waals surface area contributed by atoms with Gasteiger partial charge in [-0.05, 0) is 30.7 Å². The van der Waals surface area contributed by atoms with E-state index in [1.54, 1.807) is 43.3 Å². The van der Waals surface area contributed by atoms with E-state index in [0.717, 1.165) is 9.87 Å². The van der Waals surface area contributed by atoms with E-state index in [1.807, 2.05) is 0 Å². The number of sulfonamides is 1. The van der Waals surface area contributed by atoms with Crippen LogP contribution in [0.15, 0.2) is 53.4 Å². The average Bonchev–Trinajstić information content (AvgIpc) is 2.60. The van der Waals surface area contributed by atoms with Crippen LogP contribution in [0.3, 0.4) is 0 Å². The van der Waals surface area contributed by atoms with Crippen molar-refractivity contribution in [1.82, 2.24) is 0 Å². The van der Waals surface area contributed by atoms with Crippen LogP contribution in [0.4, 0.5) is 5.69 Å². The number of carbonyl (C=O) groups excluding carboxylic acids is 1. The number of para-hydroxylation sites is 1. The number of nitrogens with zero attached hydrogens (tertiary/aromatic N) is 1. The predicted molar refractivity (Wildman–Crippen MR) is 71.6 cm³/mol. The summed E-state index contributed by atoms with van der Waals surface area (Å²) in [5.74, 6) is -0.495. The van der Waals surface area contributed by atoms with E-state index in [4.69, 9.17) is 0 Å². The smallest absolute Gasteiger partial charge is 0.268 e. The Morgan fingerprint density at radius 1 is 0.947 bits per heavy atom. The zero-order valence-corrected chi connectivity index (χ0v) is 11.0. The van der Waals surface area contributed by atoms with Crippen LogP contribution in [0, 0.1) is 6.92 Å². The largest absolute Gasteiger partial charge is 0.273 e. The van der Waals surface area contributed by atoms with Crippen LogP contribution >= 0.6 is 0 Å². The van der Waals surface area contributed by atoms with Crippen LogP contribution in [-0.4, -0.2) is 14.3 Å². The van der Waals surface area contributed by atoms with Crippen molar-refractivity contribution in [2.45, 2.75) is 11.8 Å². The summed E-state index contributed by atoms with van der Waals surface area (Å²) in [7, 11) is -3.79. The molecule has 3 rings (SSSR count). The summed E-state index contributed by atoms with van der Waals surface area (Å²) in [5, 5.41) is 0. The van der Waals surface area contributed by atoms with E-state index in [9.17, 15) is 13.2 Å². The number of hydrogen-bond acceptors (Lipinski definition) is 3. The van der Waals surface area contributed by atoms with Crippen molar-refractivity contribution >= 4 is 21.6 Å². The van der Waals surface area contributed by atoms with Crippen LogP contribution in [0.5, 0.6) is 0 Å². The standard InChI is InChI=1S/C14H11NO3S/c1-10-6-2-4-8-12(10)15-14(16)11-7-3-5-9-13(11)19(15,17)18/h2-9H,1H3. The summed E-state index contributed by atoms with van der Waals surface area (Å²) in [4.78, 5) is 12.4. The minimum Gasteiger partial charge on any atom is -0.268 e. The maximum atomic E-state index is 12.5. The van der Waals surface area contributed by atoms with Crippen LogP contribution in [-0.2, 0) is 10.0 Å². The molecule has 5 heteroatoms. The Kier molecular flexibility index (Phi) is 2.46. The lowest BCUT2D eigenvalue weighted by atomic mass is 10.1. The van der Waals surface area contributed by atoms with E-state index < -0.39 is 15.9 Å². The van der Waals surface area contributed by atoms with Crippen molar-refractivity contribution < 1.29 is 13.2 Å². The Morgan fingerprint density at radius 2 is 1.58 bits per heavy atom. The van der Waals surface area contributed by atoms with Crippen LogP contribution in [0.1, 0.15) is 15.9 Å². The van der Waals surface area contributed by atoms with Gasteiger partial charge in [-0.1, -0.05) is 30.3 Å². The lowest BCUT2D eigenvalue weighted by molar-refractivity contribution is 0.101. The van der Waals surface area contributed by atoms with Crippen LogP contribution < -0.4 is 4.31 Å². The minimum absolute atomic E-state index is 0.0725. The van der Waals surface area contributed by atoms with Gasteiger partial charge in [0.15, 0.2) is 0 Å². The first-order valence-electron chi connectivity index (χ1n) is 5.78. The van der Waals surface area contributed by atoms with Gasteiger partial charge < -0.3 is 0 Å². The number of fused-ring (bicyclic) bond motifs is 1. The molecule has 1 amide bonds. The van der Waals surface area contributed by atoms with Gasteiger partial charge in [0.2, 0.25) is 0 Å². The normalized spacial score (nSPS) is 16.5. The monoisotopic (exact) mass is 273 g/mol. The molecule has 2 aromatic rings. The third kappa shape index (κ3) is 1.58. The Morgan fingerprint density at radius 3 is 2.26 bits per heavy atom. The van der Waals surface area contributed by atoms with Gasteiger partial charge >= 0.3 is 0 Å². The van der Waals surface area contributed by atoms with E-state index in [2.05, 4.69) is 0 Å². The molecule has 0 aliphatic carbocycles. The molecule has 0 saturated carbocycles. The molecule has 0 atom stereocenters. The average molecular weight is 273 g/mol. The van der Waals surface area contributed by atoms with Crippen molar-refractivity contribution in [1.29, 1.82) is 0 Å². The first-order chi connectivity index (χ1) is 9.03. The molecule has 19 heavy (non-hydrogen) atoms. The first-order valence-corrected chi connectivity index (χ1v) is 7.22. The predicted octanol–water partition coefficient (Wildman–Crippen LogP) is 2.34. The third-order valence-corrected chi connectivity index (χ3v) is 4.91. The van der Waals surface area contributed by atoms with Crippen molar-refractivity contribution in [3.05, 3.63) is 59.7 Å². The van der Waals surface area contributed by atoms with Crippen LogP contribution in [0.2, 0.25) is 0 Å². The van der Waals surface area contributed by atoms with E-state index >= 15 is 0 Å². The highest BCUT2D eigenvalue weighted by Gasteiger charge is 2.42. The number of carbonyl (C=O) groups is 1. The van der Waals surface area contributed by atoms with Crippen molar-refractivity contribution in [2.24, 2.45) is 0 Å². The quantitative estimate of drug-likeness (QED) is 0.801. The molecule has 0 saturated heterocycles. The summed E-state index contributed by atoms with van der Waals surface area (Å²) in [6, 6.07) is 13.2. The molecule has 0 bridgehead atoms. The molecule has 4 nitrogen and oxygen atoms in total. The molecule has 0 unspecified atom stereocenters. The second-order valence-electron chi connectivity index (χ2n) is 4.36. The fourth-order valence-electron chi connectivity index (χ4n) is 2.22. The Hall–Kier alpha value is -2.14. The maximum Gasteiger partial charge on any atom is 0.273 e. The number of aryl methyl sites for hydroxylation is 1. The fourth-order valence-corrected chi connectivity index (χ4v) is 3.88. The molecule has 2 aromatic carbocycles. The molecule has 1 heterocycles. The van der Waals surface area contributed by atoms with Gasteiger partial charge in [0.05, 0.1) is 11.3 Å². The number of anilines is 1. The Bertz CT molecular complexity index is 781. The van der Waals surface area contributed by atoms with Gasteiger partial charge in [0, 0.05) is 0 Å². The second-order valence-corrected chi connectivity index (χ2v) is 6.11. The third-order valence-electron chi connectivity index (χ3n) is 3.15. The number of hydrogen-bond donors (Lipinski definition) is 0. The molecule has 0 N–H and O–H groups in total. The van der Waals surface area contributed by atoms with Crippen molar-refractivity contribution in [3.8, 4) is 0 Å². The minimum atomic E-state index is -3.79. The molecule has 0 radical (unpaired) electrons. The van der Waals surface area contributed by atoms with Crippen molar-refractivity contribution in [2.75, 3.05) is 4.31 Å². The Balaban J connectivity index is 2.28. The molecule has 1 aliphatic rings. The summed E-state index contributed by atoms with van der Waals surface area (Å²) >= 11 is 0. The number of benzene rings is 2. The molecule has 0 fully saturated rings. The van der Waals surface area contributed by atoms with E-state index in [1.165, 1.54) is 12.1 Å². The van der Waals surface area contributed by atoms with E-state index in [0.29, 0.717) is 5.69 Å².